The van der Waals surface area contributed by atoms with E-state index in [1.54, 1.807) is 32.5 Å². The number of hydrogen-bond acceptors (Lipinski definition) is 8. The molecule has 0 aliphatic rings. The predicted octanol–water partition coefficient (Wildman–Crippen LogP) is 3.15. The van der Waals surface area contributed by atoms with Gasteiger partial charge in [-0.05, 0) is 19.2 Å². The lowest BCUT2D eigenvalue weighted by atomic mass is 10.2. The molecule has 2 aromatic heterocycles. The Morgan fingerprint density at radius 2 is 2.00 bits per heavy atom. The number of benzene rings is 1. The average molecular weight is 360 g/mol. The molecular weight excluding hydrogens is 340 g/mol. The van der Waals surface area contributed by atoms with Gasteiger partial charge in [0, 0.05) is 18.8 Å². The number of nitrogens with zero attached hydrogens (tertiary/aromatic N) is 4. The van der Waals surface area contributed by atoms with Gasteiger partial charge in [0.15, 0.2) is 17.3 Å². The number of aryl methyl sites for hydroxylation is 1. The second-order valence-electron chi connectivity index (χ2n) is 5.59. The first-order chi connectivity index (χ1) is 12.1. The fourth-order valence-electron chi connectivity index (χ4n) is 2.54. The summed E-state index contributed by atoms with van der Waals surface area (Å²) >= 11 is 1.58. The Bertz CT molecular complexity index is 846. The van der Waals surface area contributed by atoms with Crippen molar-refractivity contribution in [2.75, 3.05) is 21.3 Å². The van der Waals surface area contributed by atoms with E-state index in [0.717, 1.165) is 16.3 Å². The largest absolute Gasteiger partial charge is 0.493 e. The summed E-state index contributed by atoms with van der Waals surface area (Å²) < 4.78 is 15.9. The molecule has 3 aromatic rings. The third-order valence-electron chi connectivity index (χ3n) is 3.60. The monoisotopic (exact) mass is 360 g/mol. The van der Waals surface area contributed by atoms with E-state index in [1.807, 2.05) is 30.6 Å². The molecule has 0 radical (unpaired) electrons. The lowest BCUT2D eigenvalue weighted by Gasteiger charge is -2.12. The summed E-state index contributed by atoms with van der Waals surface area (Å²) in [5, 5.41) is 6.86. The lowest BCUT2D eigenvalue weighted by molar-refractivity contribution is 0.298. The van der Waals surface area contributed by atoms with Gasteiger partial charge in [-0.1, -0.05) is 11.2 Å². The van der Waals surface area contributed by atoms with Crippen molar-refractivity contribution in [2.24, 2.45) is 0 Å². The van der Waals surface area contributed by atoms with Crippen LogP contribution in [0.2, 0.25) is 0 Å². The average Bonchev–Trinajstić information content (AvgIpc) is 3.23. The summed E-state index contributed by atoms with van der Waals surface area (Å²) in [4.78, 5) is 11.0. The van der Waals surface area contributed by atoms with E-state index < -0.39 is 0 Å². The molecule has 0 spiro atoms. The minimum Gasteiger partial charge on any atom is -0.493 e. The van der Waals surface area contributed by atoms with Crippen LogP contribution in [-0.2, 0) is 13.1 Å². The minimum absolute atomic E-state index is 0.574. The maximum absolute atomic E-state index is 5.50. The van der Waals surface area contributed by atoms with Crippen molar-refractivity contribution in [1.82, 2.24) is 20.0 Å². The zero-order valence-corrected chi connectivity index (χ0v) is 15.5. The van der Waals surface area contributed by atoms with Crippen molar-refractivity contribution in [3.8, 4) is 22.1 Å². The normalized spacial score (nSPS) is 11.1. The summed E-state index contributed by atoms with van der Waals surface area (Å²) in [5.41, 5.74) is 1.90. The minimum atomic E-state index is 0.574. The Morgan fingerprint density at radius 3 is 2.68 bits per heavy atom. The Morgan fingerprint density at radius 1 is 1.16 bits per heavy atom. The van der Waals surface area contributed by atoms with Crippen molar-refractivity contribution in [3.63, 3.8) is 0 Å². The second-order valence-corrected chi connectivity index (χ2v) is 6.45. The summed E-state index contributed by atoms with van der Waals surface area (Å²) in [6, 6.07) is 5.79. The van der Waals surface area contributed by atoms with Crippen LogP contribution >= 0.6 is 11.3 Å². The van der Waals surface area contributed by atoms with Crippen LogP contribution < -0.4 is 9.47 Å². The molecule has 8 heteroatoms. The van der Waals surface area contributed by atoms with Crippen molar-refractivity contribution in [1.29, 1.82) is 0 Å². The van der Waals surface area contributed by atoms with E-state index in [9.17, 15) is 0 Å². The molecule has 132 valence electrons. The van der Waals surface area contributed by atoms with Crippen LogP contribution in [0.25, 0.3) is 10.6 Å². The molecule has 7 nitrogen and oxygen atoms in total. The molecule has 25 heavy (non-hydrogen) atoms. The Hall–Kier alpha value is -2.45. The van der Waals surface area contributed by atoms with Crippen molar-refractivity contribution < 1.29 is 14.0 Å². The Labute approximate surface area is 150 Å². The standard InChI is InChI=1S/C17H20N4O3S/c1-11-18-15(20-24-11)9-21(2)8-12-10-25-17(19-12)13-6-5-7-14(22-3)16(13)23-4/h5-7,10H,8-9H2,1-4H3. The highest BCUT2D eigenvalue weighted by molar-refractivity contribution is 7.13. The van der Waals surface area contributed by atoms with Crippen LogP contribution in [0.5, 0.6) is 11.5 Å². The van der Waals surface area contributed by atoms with Crippen LogP contribution in [0.3, 0.4) is 0 Å². The topological polar surface area (TPSA) is 73.5 Å². The first kappa shape index (κ1) is 17.4. The number of para-hydroxylation sites is 1. The zero-order valence-electron chi connectivity index (χ0n) is 14.6. The predicted molar refractivity (Wildman–Crippen MR) is 94.9 cm³/mol. The quantitative estimate of drug-likeness (QED) is 0.641. The summed E-state index contributed by atoms with van der Waals surface area (Å²) in [5.74, 6) is 2.64. The fraction of sp³-hybridized carbons (Fsp3) is 0.353. The molecule has 0 saturated heterocycles. The molecule has 0 amide bonds. The highest BCUT2D eigenvalue weighted by Crippen LogP contribution is 2.39. The van der Waals surface area contributed by atoms with E-state index in [-0.39, 0.29) is 0 Å². The van der Waals surface area contributed by atoms with E-state index in [4.69, 9.17) is 19.0 Å². The molecule has 0 unspecified atom stereocenters. The van der Waals surface area contributed by atoms with Gasteiger partial charge in [0.25, 0.3) is 0 Å². The molecule has 3 rings (SSSR count). The van der Waals surface area contributed by atoms with Gasteiger partial charge in [-0.15, -0.1) is 11.3 Å². The molecule has 0 N–H and O–H groups in total. The summed E-state index contributed by atoms with van der Waals surface area (Å²) in [6.45, 7) is 3.08. The molecule has 1 aromatic carbocycles. The van der Waals surface area contributed by atoms with Crippen molar-refractivity contribution >= 4 is 11.3 Å². The third kappa shape index (κ3) is 3.97. The van der Waals surface area contributed by atoms with Gasteiger partial charge in [0.2, 0.25) is 5.89 Å². The Kier molecular flexibility index (Phi) is 5.30. The van der Waals surface area contributed by atoms with Crippen LogP contribution in [0, 0.1) is 6.92 Å². The molecule has 0 fully saturated rings. The maximum Gasteiger partial charge on any atom is 0.223 e. The van der Waals surface area contributed by atoms with Gasteiger partial charge in [-0.25, -0.2) is 4.98 Å². The SMILES string of the molecule is COc1cccc(-c2nc(CN(C)Cc3noc(C)n3)cs2)c1OC. The highest BCUT2D eigenvalue weighted by Gasteiger charge is 2.15. The lowest BCUT2D eigenvalue weighted by Crippen LogP contribution is -2.18. The van der Waals surface area contributed by atoms with Gasteiger partial charge in [-0.3, -0.25) is 4.90 Å². The van der Waals surface area contributed by atoms with E-state index >= 15 is 0 Å². The van der Waals surface area contributed by atoms with Gasteiger partial charge in [-0.2, -0.15) is 4.98 Å². The molecule has 0 aliphatic heterocycles. The molecule has 0 atom stereocenters. The molecule has 0 aliphatic carbocycles. The van der Waals surface area contributed by atoms with Crippen LogP contribution in [0.1, 0.15) is 17.4 Å². The molecular formula is C17H20N4O3S. The number of methoxy groups -OCH3 is 2. The van der Waals surface area contributed by atoms with E-state index in [0.29, 0.717) is 36.3 Å². The Balaban J connectivity index is 1.74. The van der Waals surface area contributed by atoms with Gasteiger partial charge in [0.05, 0.1) is 32.0 Å². The van der Waals surface area contributed by atoms with Crippen molar-refractivity contribution in [2.45, 2.75) is 20.0 Å². The fourth-order valence-corrected chi connectivity index (χ4v) is 3.37. The number of ether oxygens (including phenoxy) is 2. The zero-order chi connectivity index (χ0) is 17.8. The van der Waals surface area contributed by atoms with Gasteiger partial charge in [0.1, 0.15) is 5.01 Å². The smallest absolute Gasteiger partial charge is 0.223 e. The van der Waals surface area contributed by atoms with E-state index in [1.165, 1.54) is 0 Å². The number of aromatic nitrogens is 3. The summed E-state index contributed by atoms with van der Waals surface area (Å²) in [7, 11) is 5.26. The number of hydrogen-bond donors (Lipinski definition) is 0. The van der Waals surface area contributed by atoms with Crippen molar-refractivity contribution in [3.05, 3.63) is 41.0 Å². The maximum atomic E-state index is 5.50. The first-order valence-electron chi connectivity index (χ1n) is 7.74. The second kappa shape index (κ2) is 7.62. The van der Waals surface area contributed by atoms with E-state index in [2.05, 4.69) is 15.0 Å². The number of thiazole rings is 1. The summed E-state index contributed by atoms with van der Waals surface area (Å²) in [6.07, 6.45) is 0. The first-order valence-corrected chi connectivity index (χ1v) is 8.62. The third-order valence-corrected chi connectivity index (χ3v) is 4.52. The highest BCUT2D eigenvalue weighted by atomic mass is 32.1. The van der Waals surface area contributed by atoms with Crippen LogP contribution in [0.4, 0.5) is 0 Å². The number of rotatable bonds is 7. The van der Waals surface area contributed by atoms with Gasteiger partial charge >= 0.3 is 0 Å². The van der Waals surface area contributed by atoms with Crippen LogP contribution in [0.15, 0.2) is 28.1 Å². The van der Waals surface area contributed by atoms with Crippen LogP contribution in [-0.4, -0.2) is 41.3 Å². The molecule has 2 heterocycles. The molecule has 0 bridgehead atoms. The van der Waals surface area contributed by atoms with Gasteiger partial charge < -0.3 is 14.0 Å². The molecule has 0 saturated carbocycles.